The highest BCUT2D eigenvalue weighted by atomic mass is 19.2. The third-order valence-electron chi connectivity index (χ3n) is 5.95. The number of piperazine rings is 1. The number of benzene rings is 2. The molecule has 170 valence electrons. The summed E-state index contributed by atoms with van der Waals surface area (Å²) in [6, 6.07) is 5.47. The number of nitrogens with zero attached hydrogens (tertiary/aromatic N) is 2. The molecule has 0 spiro atoms. The number of fused-ring (bicyclic) bond motifs is 2. The lowest BCUT2D eigenvalue weighted by molar-refractivity contribution is -0.133. The second kappa shape index (κ2) is 8.78. The summed E-state index contributed by atoms with van der Waals surface area (Å²) >= 11 is 0. The summed E-state index contributed by atoms with van der Waals surface area (Å²) in [5.41, 5.74) is 5.96. The van der Waals surface area contributed by atoms with E-state index in [0.717, 1.165) is 6.07 Å². The number of carbonyl (C=O) groups excluding carboxylic acids is 2. The molecule has 0 saturated carbocycles. The molecule has 3 N–H and O–H groups in total. The van der Waals surface area contributed by atoms with Crippen LogP contribution in [0.5, 0.6) is 0 Å². The van der Waals surface area contributed by atoms with Gasteiger partial charge in [0.1, 0.15) is 11.6 Å². The highest BCUT2D eigenvalue weighted by Gasteiger charge is 2.47. The number of nitrogens with two attached hydrogens (primary N) is 1. The highest BCUT2D eigenvalue weighted by Crippen LogP contribution is 2.32. The Balaban J connectivity index is 1.31. The number of anilines is 1. The quantitative estimate of drug-likeness (QED) is 0.543. The first kappa shape index (κ1) is 22.1. The third-order valence-corrected chi connectivity index (χ3v) is 5.95. The van der Waals surface area contributed by atoms with Crippen molar-refractivity contribution in [3.63, 3.8) is 0 Å². The number of likely N-dealkylation sites (tertiary alicyclic amines) is 2. The van der Waals surface area contributed by atoms with Gasteiger partial charge in [-0.15, -0.1) is 0 Å². The molecule has 2 saturated heterocycles. The number of nitrogens with one attached hydrogen (secondary N) is 1. The van der Waals surface area contributed by atoms with Crippen LogP contribution in [-0.4, -0.2) is 53.0 Å². The number of amides is 3. The molecule has 2 aliphatic heterocycles. The number of halogens is 4. The van der Waals surface area contributed by atoms with Crippen LogP contribution in [0, 0.1) is 23.3 Å². The van der Waals surface area contributed by atoms with Gasteiger partial charge in [0, 0.05) is 31.6 Å². The first-order valence-corrected chi connectivity index (χ1v) is 10.2. The molecule has 2 bridgehead atoms. The van der Waals surface area contributed by atoms with Crippen molar-refractivity contribution in [2.24, 2.45) is 5.73 Å². The van der Waals surface area contributed by atoms with Crippen molar-refractivity contribution in [1.29, 1.82) is 0 Å². The van der Waals surface area contributed by atoms with Crippen LogP contribution in [0.15, 0.2) is 36.4 Å². The maximum absolute atomic E-state index is 13.8. The first-order valence-electron chi connectivity index (χ1n) is 10.2. The van der Waals surface area contributed by atoms with Crippen molar-refractivity contribution >= 4 is 17.6 Å². The van der Waals surface area contributed by atoms with Crippen LogP contribution < -0.4 is 11.1 Å². The Bertz CT molecular complexity index is 1050. The van der Waals surface area contributed by atoms with Gasteiger partial charge >= 0.3 is 6.03 Å². The monoisotopic (exact) mass is 450 g/mol. The summed E-state index contributed by atoms with van der Waals surface area (Å²) in [6.45, 7) is 0.629. The van der Waals surface area contributed by atoms with Gasteiger partial charge in [-0.1, -0.05) is 12.1 Å². The second-order valence-corrected chi connectivity index (χ2v) is 8.18. The lowest BCUT2D eigenvalue weighted by atomic mass is 10.0. The summed E-state index contributed by atoms with van der Waals surface area (Å²) in [7, 11) is 0. The zero-order valence-electron chi connectivity index (χ0n) is 17.0. The zero-order valence-corrected chi connectivity index (χ0v) is 17.0. The van der Waals surface area contributed by atoms with Crippen LogP contribution in [0.1, 0.15) is 18.4 Å². The summed E-state index contributed by atoms with van der Waals surface area (Å²) in [4.78, 5) is 28.5. The maximum atomic E-state index is 13.8. The minimum absolute atomic E-state index is 0.0867. The van der Waals surface area contributed by atoms with Gasteiger partial charge in [-0.25, -0.2) is 22.4 Å². The molecule has 0 unspecified atom stereocenters. The highest BCUT2D eigenvalue weighted by molar-refractivity contribution is 5.90. The number of rotatable bonds is 5. The van der Waals surface area contributed by atoms with Crippen LogP contribution in [0.3, 0.4) is 0 Å². The Morgan fingerprint density at radius 1 is 0.969 bits per heavy atom. The molecule has 0 radical (unpaired) electrons. The summed E-state index contributed by atoms with van der Waals surface area (Å²) in [5, 5.41) is 2.55. The molecule has 4 rings (SSSR count). The van der Waals surface area contributed by atoms with Crippen LogP contribution in [0.4, 0.5) is 28.0 Å². The molecule has 3 atom stereocenters. The van der Waals surface area contributed by atoms with E-state index in [1.54, 1.807) is 15.9 Å². The summed E-state index contributed by atoms with van der Waals surface area (Å²) in [5.74, 6) is -4.16. The molecule has 2 aliphatic rings. The molecule has 2 aromatic carbocycles. The van der Waals surface area contributed by atoms with Gasteiger partial charge in [-0.3, -0.25) is 4.79 Å². The van der Waals surface area contributed by atoms with Crippen molar-refractivity contribution < 1.29 is 27.2 Å². The Kier molecular flexibility index (Phi) is 6.05. The fourth-order valence-electron chi connectivity index (χ4n) is 4.39. The van der Waals surface area contributed by atoms with E-state index in [4.69, 9.17) is 5.73 Å². The molecule has 0 aromatic heterocycles. The van der Waals surface area contributed by atoms with Gasteiger partial charge in [0.2, 0.25) is 5.91 Å². The molecular formula is C22H22F4N4O2. The molecule has 2 aromatic rings. The minimum atomic E-state index is -1.28. The summed E-state index contributed by atoms with van der Waals surface area (Å²) in [6.07, 6.45) is 0.389. The second-order valence-electron chi connectivity index (χ2n) is 8.18. The van der Waals surface area contributed by atoms with Crippen molar-refractivity contribution in [3.8, 4) is 0 Å². The fourth-order valence-corrected chi connectivity index (χ4v) is 4.39. The fraction of sp³-hybridized carbons (Fsp3) is 0.364. The number of para-hydroxylation sites is 1. The van der Waals surface area contributed by atoms with Gasteiger partial charge in [-0.2, -0.15) is 0 Å². The average molecular weight is 450 g/mol. The average Bonchev–Trinajstić information content (AvgIpc) is 3.35. The molecule has 32 heavy (non-hydrogen) atoms. The smallest absolute Gasteiger partial charge is 0.322 e. The topological polar surface area (TPSA) is 78.7 Å². The largest absolute Gasteiger partial charge is 0.336 e. The molecular weight excluding hydrogens is 428 g/mol. The normalized spacial score (nSPS) is 20.5. The predicted octanol–water partition coefficient (Wildman–Crippen LogP) is 3.02. The Morgan fingerprint density at radius 2 is 1.62 bits per heavy atom. The molecule has 6 nitrogen and oxygen atoms in total. The molecule has 3 amide bonds. The van der Waals surface area contributed by atoms with E-state index >= 15 is 0 Å². The first-order chi connectivity index (χ1) is 15.2. The lowest BCUT2D eigenvalue weighted by Crippen LogP contribution is -2.52. The lowest BCUT2D eigenvalue weighted by Gasteiger charge is -2.34. The molecule has 0 aliphatic carbocycles. The van der Waals surface area contributed by atoms with Gasteiger partial charge in [0.15, 0.2) is 11.6 Å². The van der Waals surface area contributed by atoms with E-state index in [0.29, 0.717) is 25.6 Å². The van der Waals surface area contributed by atoms with E-state index in [1.165, 1.54) is 18.2 Å². The summed E-state index contributed by atoms with van der Waals surface area (Å²) < 4.78 is 54.0. The molecule has 2 heterocycles. The van der Waals surface area contributed by atoms with Crippen molar-refractivity contribution in [2.45, 2.75) is 37.4 Å². The standard InChI is InChI=1S/C22H22F4N4O2/c23-16-3-1-2-4-20(16)28-22(32)30-11-14-8-15(30)10-29(14)21(31)7-13(27)5-12-6-18(25)19(26)9-17(12)24/h1-4,6,9,13-15H,5,7-8,10-11,27H2,(H,28,32)/t13-,14-,15+/m1/s1. The van der Waals surface area contributed by atoms with E-state index in [-0.39, 0.29) is 42.1 Å². The Hall–Kier alpha value is -3.14. The Labute approximate surface area is 182 Å². The van der Waals surface area contributed by atoms with E-state index in [9.17, 15) is 27.2 Å². The molecule has 2 fully saturated rings. The predicted molar refractivity (Wildman–Crippen MR) is 109 cm³/mol. The number of urea groups is 1. The van der Waals surface area contributed by atoms with Gasteiger partial charge in [0.05, 0.1) is 17.8 Å². The number of hydrogen-bond acceptors (Lipinski definition) is 3. The van der Waals surface area contributed by atoms with Crippen molar-refractivity contribution in [1.82, 2.24) is 9.80 Å². The van der Waals surface area contributed by atoms with Crippen molar-refractivity contribution in [3.05, 3.63) is 65.2 Å². The zero-order chi connectivity index (χ0) is 23.0. The molecule has 10 heteroatoms. The van der Waals surface area contributed by atoms with Gasteiger partial charge < -0.3 is 20.9 Å². The van der Waals surface area contributed by atoms with E-state index in [2.05, 4.69) is 5.32 Å². The van der Waals surface area contributed by atoms with Crippen LogP contribution in [0.25, 0.3) is 0 Å². The van der Waals surface area contributed by atoms with Crippen LogP contribution in [-0.2, 0) is 11.2 Å². The number of hydrogen-bond donors (Lipinski definition) is 2. The van der Waals surface area contributed by atoms with Crippen LogP contribution in [0.2, 0.25) is 0 Å². The maximum Gasteiger partial charge on any atom is 0.322 e. The SMILES string of the molecule is N[C@@H](CC(=O)N1C[C@@H]2C[C@@H]1CN2C(=O)Nc1ccccc1F)Cc1cc(F)c(F)cc1F. The van der Waals surface area contributed by atoms with Gasteiger partial charge in [-0.05, 0) is 36.6 Å². The van der Waals surface area contributed by atoms with Crippen LogP contribution >= 0.6 is 0 Å². The minimum Gasteiger partial charge on any atom is -0.336 e. The number of carbonyl (C=O) groups is 2. The third kappa shape index (κ3) is 4.40. The van der Waals surface area contributed by atoms with E-state index < -0.39 is 35.3 Å². The van der Waals surface area contributed by atoms with E-state index in [1.807, 2.05) is 0 Å². The Morgan fingerprint density at radius 3 is 2.31 bits per heavy atom. The van der Waals surface area contributed by atoms with Crippen molar-refractivity contribution in [2.75, 3.05) is 18.4 Å². The van der Waals surface area contributed by atoms with Gasteiger partial charge in [0.25, 0.3) is 0 Å².